The average molecular weight is 499 g/mol. The van der Waals surface area contributed by atoms with Crippen LogP contribution in [0.1, 0.15) is 44.1 Å². The molecule has 2 atom stereocenters. The van der Waals surface area contributed by atoms with Crippen LogP contribution in [0.25, 0.3) is 0 Å². The van der Waals surface area contributed by atoms with E-state index in [1.807, 2.05) is 48.5 Å². The van der Waals surface area contributed by atoms with E-state index in [1.165, 1.54) is 0 Å². The second kappa shape index (κ2) is 13.7. The van der Waals surface area contributed by atoms with Crippen LogP contribution >= 0.6 is 0 Å². The number of methoxy groups -OCH3 is 3. The minimum atomic E-state index is -1.19. The van der Waals surface area contributed by atoms with Gasteiger partial charge in [0, 0.05) is 18.2 Å². The molecule has 6 nitrogen and oxygen atoms in total. The third-order valence-electron chi connectivity index (χ3n) is 5.69. The fraction of sp³-hybridized carbons (Fsp3) is 0.161. The van der Waals surface area contributed by atoms with Gasteiger partial charge in [-0.2, -0.15) is 0 Å². The Morgan fingerprint density at radius 1 is 0.568 bits per heavy atom. The standard InChI is InChI=1S/C16H16O4.C15H14O2/c1-19-13-7-3-11(4-8-13)15(17)16(18)12-5-9-14(20-2)10-6-12;1-17-15(13-10-6-3-7-11-13)14(16)12-8-4-2-5-9-12/h3-10,15,17H,1-2H3;2-11,15H,1H3. The summed E-state index contributed by atoms with van der Waals surface area (Å²) in [6, 6.07) is 32.1. The summed E-state index contributed by atoms with van der Waals surface area (Å²) in [5.41, 5.74) is 2.52. The van der Waals surface area contributed by atoms with Gasteiger partial charge in [0.25, 0.3) is 0 Å². The molecule has 0 saturated carbocycles. The molecule has 0 aromatic heterocycles. The van der Waals surface area contributed by atoms with Crippen molar-refractivity contribution < 1.29 is 28.9 Å². The number of carbonyl (C=O) groups excluding carboxylic acids is 2. The fourth-order valence-electron chi connectivity index (χ4n) is 3.63. The van der Waals surface area contributed by atoms with Crippen LogP contribution in [0.2, 0.25) is 0 Å². The summed E-state index contributed by atoms with van der Waals surface area (Å²) < 4.78 is 15.4. The number of carbonyl (C=O) groups is 2. The molecule has 0 bridgehead atoms. The smallest absolute Gasteiger partial charge is 0.196 e. The molecule has 0 amide bonds. The fourth-order valence-corrected chi connectivity index (χ4v) is 3.63. The van der Waals surface area contributed by atoms with Crippen LogP contribution in [0.15, 0.2) is 109 Å². The van der Waals surface area contributed by atoms with Gasteiger partial charge in [-0.15, -0.1) is 0 Å². The maximum Gasteiger partial charge on any atom is 0.196 e. The third kappa shape index (κ3) is 7.36. The summed E-state index contributed by atoms with van der Waals surface area (Å²) in [4.78, 5) is 24.4. The lowest BCUT2D eigenvalue weighted by molar-refractivity contribution is 0.0604. The lowest BCUT2D eigenvalue weighted by Gasteiger charge is -2.14. The number of hydrogen-bond donors (Lipinski definition) is 1. The first-order valence-electron chi connectivity index (χ1n) is 11.7. The topological polar surface area (TPSA) is 82.1 Å². The first-order valence-corrected chi connectivity index (χ1v) is 11.7. The van der Waals surface area contributed by atoms with E-state index in [0.717, 1.165) is 5.56 Å². The maximum absolute atomic E-state index is 12.3. The van der Waals surface area contributed by atoms with Gasteiger partial charge in [0.1, 0.15) is 23.7 Å². The zero-order valence-corrected chi connectivity index (χ0v) is 21.0. The molecule has 0 aliphatic carbocycles. The van der Waals surface area contributed by atoms with E-state index in [1.54, 1.807) is 82.0 Å². The van der Waals surface area contributed by atoms with Crippen LogP contribution in [0, 0.1) is 0 Å². The predicted molar refractivity (Wildman–Crippen MR) is 142 cm³/mol. The van der Waals surface area contributed by atoms with Crippen LogP contribution in [0.4, 0.5) is 0 Å². The first kappa shape index (κ1) is 27.3. The third-order valence-corrected chi connectivity index (χ3v) is 5.69. The molecule has 0 saturated heterocycles. The highest BCUT2D eigenvalue weighted by atomic mass is 16.5. The van der Waals surface area contributed by atoms with E-state index in [9.17, 15) is 14.7 Å². The van der Waals surface area contributed by atoms with E-state index < -0.39 is 12.2 Å². The summed E-state index contributed by atoms with van der Waals surface area (Å²) in [5, 5.41) is 10.1. The van der Waals surface area contributed by atoms with Gasteiger partial charge in [-0.1, -0.05) is 72.8 Å². The molecule has 0 fully saturated rings. The quantitative estimate of drug-likeness (QED) is 0.290. The number of hydrogen-bond acceptors (Lipinski definition) is 6. The Morgan fingerprint density at radius 3 is 1.51 bits per heavy atom. The molecule has 6 heteroatoms. The molecule has 0 heterocycles. The molecule has 2 unspecified atom stereocenters. The number of aliphatic hydroxyl groups excluding tert-OH is 1. The lowest BCUT2D eigenvalue weighted by atomic mass is 10.00. The Labute approximate surface area is 217 Å². The van der Waals surface area contributed by atoms with Gasteiger partial charge in [-0.25, -0.2) is 0 Å². The minimum Gasteiger partial charge on any atom is -0.497 e. The summed E-state index contributed by atoms with van der Waals surface area (Å²) in [7, 11) is 4.68. The number of rotatable bonds is 9. The second-order valence-corrected chi connectivity index (χ2v) is 8.03. The molecule has 0 spiro atoms. The molecule has 190 valence electrons. The number of aliphatic hydroxyl groups is 1. The Kier molecular flexibility index (Phi) is 10.1. The summed E-state index contributed by atoms with van der Waals surface area (Å²) in [6.45, 7) is 0. The van der Waals surface area contributed by atoms with Crippen LogP contribution in [0.3, 0.4) is 0 Å². The Balaban J connectivity index is 0.000000208. The van der Waals surface area contributed by atoms with Crippen molar-refractivity contribution in [1.29, 1.82) is 0 Å². The van der Waals surface area contributed by atoms with Crippen molar-refractivity contribution in [3.8, 4) is 11.5 Å². The molecule has 4 aromatic carbocycles. The predicted octanol–water partition coefficient (Wildman–Crippen LogP) is 5.88. The van der Waals surface area contributed by atoms with Gasteiger partial charge in [-0.05, 0) is 47.5 Å². The Hall–Kier alpha value is -4.26. The van der Waals surface area contributed by atoms with Crippen molar-refractivity contribution in [3.63, 3.8) is 0 Å². The van der Waals surface area contributed by atoms with Crippen molar-refractivity contribution in [2.75, 3.05) is 21.3 Å². The summed E-state index contributed by atoms with van der Waals surface area (Å²) in [6.07, 6.45) is -1.71. The maximum atomic E-state index is 12.3. The zero-order valence-electron chi connectivity index (χ0n) is 21.0. The van der Waals surface area contributed by atoms with Crippen molar-refractivity contribution in [1.82, 2.24) is 0 Å². The Morgan fingerprint density at radius 2 is 1.03 bits per heavy atom. The molecule has 0 radical (unpaired) electrons. The van der Waals surface area contributed by atoms with Gasteiger partial charge in [0.2, 0.25) is 0 Å². The van der Waals surface area contributed by atoms with Crippen LogP contribution in [0.5, 0.6) is 11.5 Å². The van der Waals surface area contributed by atoms with E-state index in [-0.39, 0.29) is 11.6 Å². The molecule has 0 aliphatic heterocycles. The van der Waals surface area contributed by atoms with E-state index in [0.29, 0.717) is 28.2 Å². The number of ketones is 2. The molecule has 37 heavy (non-hydrogen) atoms. The van der Waals surface area contributed by atoms with Gasteiger partial charge in [-0.3, -0.25) is 9.59 Å². The first-order chi connectivity index (χ1) is 18.0. The SMILES string of the molecule is COC(C(=O)c1ccccc1)c1ccccc1.COc1ccc(C(=O)C(O)c2ccc(OC)cc2)cc1. The van der Waals surface area contributed by atoms with E-state index >= 15 is 0 Å². The second-order valence-electron chi connectivity index (χ2n) is 8.03. The highest BCUT2D eigenvalue weighted by molar-refractivity contribution is 6.00. The molecular weight excluding hydrogens is 468 g/mol. The molecule has 1 N–H and O–H groups in total. The summed E-state index contributed by atoms with van der Waals surface area (Å²) in [5.74, 6) is 0.982. The van der Waals surface area contributed by atoms with Crippen molar-refractivity contribution >= 4 is 11.6 Å². The van der Waals surface area contributed by atoms with Gasteiger partial charge in [0.05, 0.1) is 14.2 Å². The average Bonchev–Trinajstić information content (AvgIpc) is 2.98. The Bertz CT molecular complexity index is 1250. The summed E-state index contributed by atoms with van der Waals surface area (Å²) >= 11 is 0. The lowest BCUT2D eigenvalue weighted by Crippen LogP contribution is -2.14. The number of Topliss-reactive ketones (excluding diaryl/α,β-unsaturated/α-hetero) is 2. The van der Waals surface area contributed by atoms with Gasteiger partial charge in [0.15, 0.2) is 11.6 Å². The highest BCUT2D eigenvalue weighted by Crippen LogP contribution is 2.23. The van der Waals surface area contributed by atoms with Gasteiger partial charge >= 0.3 is 0 Å². The molecule has 4 rings (SSSR count). The number of ether oxygens (including phenoxy) is 3. The highest BCUT2D eigenvalue weighted by Gasteiger charge is 2.21. The monoisotopic (exact) mass is 498 g/mol. The van der Waals surface area contributed by atoms with E-state index in [2.05, 4.69) is 0 Å². The van der Waals surface area contributed by atoms with Gasteiger partial charge < -0.3 is 19.3 Å². The zero-order chi connectivity index (χ0) is 26.6. The molecule has 4 aromatic rings. The molecular formula is C31H30O6. The molecule has 0 aliphatic rings. The minimum absolute atomic E-state index is 0.0145. The van der Waals surface area contributed by atoms with Crippen molar-refractivity contribution in [3.05, 3.63) is 131 Å². The van der Waals surface area contributed by atoms with Crippen molar-refractivity contribution in [2.24, 2.45) is 0 Å². The van der Waals surface area contributed by atoms with E-state index in [4.69, 9.17) is 14.2 Å². The van der Waals surface area contributed by atoms with Crippen molar-refractivity contribution in [2.45, 2.75) is 12.2 Å². The number of benzene rings is 4. The largest absolute Gasteiger partial charge is 0.497 e. The normalized spacial score (nSPS) is 11.9. The van der Waals surface area contributed by atoms with Crippen LogP contribution in [-0.2, 0) is 4.74 Å². The van der Waals surface area contributed by atoms with Crippen LogP contribution in [-0.4, -0.2) is 38.0 Å². The van der Waals surface area contributed by atoms with Crippen LogP contribution < -0.4 is 9.47 Å².